The van der Waals surface area contributed by atoms with Crippen LogP contribution in [0.2, 0.25) is 5.02 Å². The van der Waals surface area contributed by atoms with Gasteiger partial charge in [0.15, 0.2) is 0 Å². The Morgan fingerprint density at radius 2 is 1.95 bits per heavy atom. The second kappa shape index (κ2) is 6.74. The SMILES string of the molecule is CC(c1cccc(Cl)c1)N(C)C(CN)CC(C)(C)C. The molecule has 0 amide bonds. The van der Waals surface area contributed by atoms with Crippen molar-refractivity contribution in [1.82, 2.24) is 4.90 Å². The van der Waals surface area contributed by atoms with Crippen LogP contribution in [0.3, 0.4) is 0 Å². The zero-order valence-corrected chi connectivity index (χ0v) is 13.5. The summed E-state index contributed by atoms with van der Waals surface area (Å²) in [6.07, 6.45) is 1.09. The van der Waals surface area contributed by atoms with Crippen molar-refractivity contribution < 1.29 is 0 Å². The van der Waals surface area contributed by atoms with E-state index in [1.807, 2.05) is 18.2 Å². The van der Waals surface area contributed by atoms with E-state index in [0.717, 1.165) is 11.4 Å². The molecule has 0 aliphatic carbocycles. The third-order valence-electron chi connectivity index (χ3n) is 3.64. The van der Waals surface area contributed by atoms with Gasteiger partial charge in [0.05, 0.1) is 0 Å². The number of hydrogen-bond donors (Lipinski definition) is 1. The van der Waals surface area contributed by atoms with Crippen LogP contribution >= 0.6 is 11.6 Å². The van der Waals surface area contributed by atoms with Crippen LogP contribution < -0.4 is 5.73 Å². The Morgan fingerprint density at radius 1 is 1.32 bits per heavy atom. The van der Waals surface area contributed by atoms with E-state index in [0.29, 0.717) is 18.6 Å². The number of benzene rings is 1. The molecule has 0 saturated carbocycles. The maximum atomic E-state index is 6.07. The van der Waals surface area contributed by atoms with Crippen molar-refractivity contribution in [3.63, 3.8) is 0 Å². The van der Waals surface area contributed by atoms with Gasteiger partial charge in [0.1, 0.15) is 0 Å². The quantitative estimate of drug-likeness (QED) is 0.881. The Labute approximate surface area is 122 Å². The van der Waals surface area contributed by atoms with Crippen LogP contribution in [0.1, 0.15) is 45.7 Å². The molecule has 0 radical (unpaired) electrons. The first-order valence-corrected chi connectivity index (χ1v) is 7.30. The monoisotopic (exact) mass is 282 g/mol. The molecule has 0 bridgehead atoms. The van der Waals surface area contributed by atoms with Crippen LogP contribution in [0.4, 0.5) is 0 Å². The average molecular weight is 283 g/mol. The van der Waals surface area contributed by atoms with Crippen molar-refractivity contribution in [1.29, 1.82) is 0 Å². The van der Waals surface area contributed by atoms with E-state index >= 15 is 0 Å². The molecule has 0 fully saturated rings. The van der Waals surface area contributed by atoms with Gasteiger partial charge in [0, 0.05) is 23.7 Å². The summed E-state index contributed by atoms with van der Waals surface area (Å²) in [7, 11) is 2.15. The minimum atomic E-state index is 0.284. The molecule has 0 spiro atoms. The molecular weight excluding hydrogens is 256 g/mol. The van der Waals surface area contributed by atoms with Crippen molar-refractivity contribution in [2.75, 3.05) is 13.6 Å². The van der Waals surface area contributed by atoms with Gasteiger partial charge in [-0.3, -0.25) is 4.90 Å². The van der Waals surface area contributed by atoms with Crippen LogP contribution in [-0.2, 0) is 0 Å². The van der Waals surface area contributed by atoms with Gasteiger partial charge in [0.25, 0.3) is 0 Å². The summed E-state index contributed by atoms with van der Waals surface area (Å²) >= 11 is 6.07. The summed E-state index contributed by atoms with van der Waals surface area (Å²) in [5.74, 6) is 0. The average Bonchev–Trinajstić information content (AvgIpc) is 2.33. The summed E-state index contributed by atoms with van der Waals surface area (Å²) in [4.78, 5) is 2.36. The minimum absolute atomic E-state index is 0.284. The Morgan fingerprint density at radius 3 is 2.42 bits per heavy atom. The van der Waals surface area contributed by atoms with E-state index in [1.165, 1.54) is 5.56 Å². The molecule has 1 rings (SSSR count). The highest BCUT2D eigenvalue weighted by molar-refractivity contribution is 6.30. The van der Waals surface area contributed by atoms with E-state index in [-0.39, 0.29) is 5.41 Å². The molecule has 0 aliphatic heterocycles. The molecule has 1 aromatic rings. The highest BCUT2D eigenvalue weighted by atomic mass is 35.5. The maximum Gasteiger partial charge on any atom is 0.0409 e. The predicted molar refractivity (Wildman–Crippen MR) is 84.5 cm³/mol. The molecule has 19 heavy (non-hydrogen) atoms. The van der Waals surface area contributed by atoms with Crippen LogP contribution in [0.25, 0.3) is 0 Å². The lowest BCUT2D eigenvalue weighted by Gasteiger charge is -2.36. The van der Waals surface area contributed by atoms with Gasteiger partial charge in [-0.25, -0.2) is 0 Å². The van der Waals surface area contributed by atoms with Crippen LogP contribution in [0.15, 0.2) is 24.3 Å². The van der Waals surface area contributed by atoms with Crippen LogP contribution in [0, 0.1) is 5.41 Å². The number of hydrogen-bond acceptors (Lipinski definition) is 2. The highest BCUT2D eigenvalue weighted by Gasteiger charge is 2.24. The lowest BCUT2D eigenvalue weighted by Crippen LogP contribution is -2.41. The van der Waals surface area contributed by atoms with Gasteiger partial charge < -0.3 is 5.73 Å². The number of likely N-dealkylation sites (N-methyl/N-ethyl adjacent to an activating group) is 1. The third-order valence-corrected chi connectivity index (χ3v) is 3.87. The van der Waals surface area contributed by atoms with Gasteiger partial charge in [-0.1, -0.05) is 44.5 Å². The molecule has 3 heteroatoms. The summed E-state index contributed by atoms with van der Waals surface area (Å²) in [5.41, 5.74) is 7.48. The van der Waals surface area contributed by atoms with Crippen LogP contribution in [0.5, 0.6) is 0 Å². The summed E-state index contributed by atoms with van der Waals surface area (Å²) < 4.78 is 0. The lowest BCUT2D eigenvalue weighted by atomic mass is 9.87. The fraction of sp³-hybridized carbons (Fsp3) is 0.625. The Balaban J connectivity index is 2.82. The maximum absolute atomic E-state index is 6.07. The van der Waals surface area contributed by atoms with Gasteiger partial charge in [-0.15, -0.1) is 0 Å². The zero-order chi connectivity index (χ0) is 14.6. The van der Waals surface area contributed by atoms with Crippen molar-refractivity contribution >= 4 is 11.6 Å². The van der Waals surface area contributed by atoms with E-state index < -0.39 is 0 Å². The molecule has 0 saturated heterocycles. The topological polar surface area (TPSA) is 29.3 Å². The zero-order valence-electron chi connectivity index (χ0n) is 12.8. The summed E-state index contributed by atoms with van der Waals surface area (Å²) in [5, 5.41) is 0.790. The predicted octanol–water partition coefficient (Wildman–Crippen LogP) is 4.10. The third kappa shape index (κ3) is 5.13. The van der Waals surface area contributed by atoms with Gasteiger partial charge in [-0.05, 0) is 43.5 Å². The fourth-order valence-electron chi connectivity index (χ4n) is 2.42. The minimum Gasteiger partial charge on any atom is -0.329 e. The van der Waals surface area contributed by atoms with Crippen molar-refractivity contribution in [2.45, 2.75) is 46.2 Å². The number of nitrogens with two attached hydrogens (primary N) is 1. The van der Waals surface area contributed by atoms with Gasteiger partial charge in [0.2, 0.25) is 0 Å². The highest BCUT2D eigenvalue weighted by Crippen LogP contribution is 2.28. The molecule has 0 aromatic heterocycles. The van der Waals surface area contributed by atoms with Gasteiger partial charge >= 0.3 is 0 Å². The number of rotatable bonds is 5. The molecule has 0 heterocycles. The Hall–Kier alpha value is -0.570. The van der Waals surface area contributed by atoms with Gasteiger partial charge in [-0.2, -0.15) is 0 Å². The van der Waals surface area contributed by atoms with E-state index in [1.54, 1.807) is 0 Å². The van der Waals surface area contributed by atoms with E-state index in [2.05, 4.69) is 45.7 Å². The smallest absolute Gasteiger partial charge is 0.0409 e. The Kier molecular flexibility index (Phi) is 5.84. The Bertz CT molecular complexity index is 398. The largest absolute Gasteiger partial charge is 0.329 e. The molecule has 1 aromatic carbocycles. The van der Waals surface area contributed by atoms with Crippen molar-refractivity contribution in [2.24, 2.45) is 11.1 Å². The van der Waals surface area contributed by atoms with E-state index in [9.17, 15) is 0 Å². The molecule has 2 atom stereocenters. The number of halogens is 1. The molecule has 0 aliphatic rings. The second-order valence-corrected chi connectivity index (χ2v) is 6.99. The first-order valence-electron chi connectivity index (χ1n) is 6.92. The number of nitrogens with zero attached hydrogens (tertiary/aromatic N) is 1. The first-order chi connectivity index (χ1) is 8.74. The van der Waals surface area contributed by atoms with Crippen molar-refractivity contribution in [3.05, 3.63) is 34.9 Å². The summed E-state index contributed by atoms with van der Waals surface area (Å²) in [6.45, 7) is 9.66. The standard InChI is InChI=1S/C16H27ClN2/c1-12(13-7-6-8-14(17)9-13)19(5)15(11-18)10-16(2,3)4/h6-9,12,15H,10-11,18H2,1-5H3. The van der Waals surface area contributed by atoms with E-state index in [4.69, 9.17) is 17.3 Å². The molecule has 108 valence electrons. The normalized spacial score (nSPS) is 15.6. The molecule has 2 nitrogen and oxygen atoms in total. The second-order valence-electron chi connectivity index (χ2n) is 6.55. The molecular formula is C16H27ClN2. The van der Waals surface area contributed by atoms with Crippen LogP contribution in [-0.4, -0.2) is 24.5 Å². The first kappa shape index (κ1) is 16.5. The van der Waals surface area contributed by atoms with Crippen molar-refractivity contribution in [3.8, 4) is 0 Å². The lowest BCUT2D eigenvalue weighted by molar-refractivity contribution is 0.144. The fourth-order valence-corrected chi connectivity index (χ4v) is 2.62. The summed E-state index contributed by atoms with van der Waals surface area (Å²) in [6, 6.07) is 8.77. The molecule has 2 N–H and O–H groups in total. The molecule has 2 unspecified atom stereocenters.